The zero-order chi connectivity index (χ0) is 8.69. The Hall–Kier alpha value is 0.789. The minimum atomic E-state index is 0. The third kappa shape index (κ3) is 8.88. The van der Waals surface area contributed by atoms with Gasteiger partial charge in [0.05, 0.1) is 33.8 Å². The quantitative estimate of drug-likeness (QED) is 0.687. The van der Waals surface area contributed by atoms with Crippen LogP contribution in [-0.2, 0) is 3.84 Å². The topological polar surface area (TPSA) is 22.1 Å². The van der Waals surface area contributed by atoms with Crippen LogP contribution >= 0.6 is 46.9 Å². The standard InChI is InChI=1S/C5H3Cl2N.Cl2O.H2Se/c6-4-1-5(7)3-8-2-4;1-3-2;/h1-3H;;1H2. The van der Waals surface area contributed by atoms with E-state index >= 15 is 0 Å². The molecule has 7 heteroatoms. The SMILES string of the molecule is ClOCl.Clc1cncc(Cl)c1.[SeH2]. The van der Waals surface area contributed by atoms with Gasteiger partial charge in [0, 0.05) is 12.4 Å². The summed E-state index contributed by atoms with van der Waals surface area (Å²) in [5, 5.41) is 1.13. The van der Waals surface area contributed by atoms with Crippen molar-refractivity contribution in [1.82, 2.24) is 4.98 Å². The molecule has 1 heterocycles. The van der Waals surface area contributed by atoms with Gasteiger partial charge in [-0.15, -0.1) is 0 Å². The summed E-state index contributed by atoms with van der Waals surface area (Å²) in [7, 11) is 0. The molecule has 12 heavy (non-hydrogen) atoms. The van der Waals surface area contributed by atoms with Gasteiger partial charge in [-0.1, -0.05) is 23.2 Å². The van der Waals surface area contributed by atoms with Gasteiger partial charge in [-0.2, -0.15) is 3.84 Å². The van der Waals surface area contributed by atoms with E-state index in [-0.39, 0.29) is 17.1 Å². The Kier molecular flexibility index (Phi) is 12.6. The first-order valence-electron chi connectivity index (χ1n) is 2.36. The van der Waals surface area contributed by atoms with Gasteiger partial charge in [0.15, 0.2) is 0 Å². The molecule has 1 aromatic rings. The van der Waals surface area contributed by atoms with E-state index in [0.717, 1.165) is 0 Å². The maximum absolute atomic E-state index is 5.50. The summed E-state index contributed by atoms with van der Waals surface area (Å²) in [6.45, 7) is 0. The number of nitrogens with zero attached hydrogens (tertiary/aromatic N) is 1. The molecule has 0 unspecified atom stereocenters. The first-order valence-corrected chi connectivity index (χ1v) is 3.73. The molecular weight excluding hydrogens is 311 g/mol. The predicted octanol–water partition coefficient (Wildman–Crippen LogP) is 2.78. The molecule has 0 saturated carbocycles. The van der Waals surface area contributed by atoms with Gasteiger partial charge < -0.3 is 0 Å². The summed E-state index contributed by atoms with van der Waals surface area (Å²) in [6, 6.07) is 1.64. The van der Waals surface area contributed by atoms with Crippen LogP contribution in [0, 0.1) is 0 Å². The van der Waals surface area contributed by atoms with Gasteiger partial charge in [-0.3, -0.25) is 4.98 Å². The summed E-state index contributed by atoms with van der Waals surface area (Å²) < 4.78 is 3.19. The van der Waals surface area contributed by atoms with E-state index in [1.54, 1.807) is 6.07 Å². The second-order valence-electron chi connectivity index (χ2n) is 1.38. The van der Waals surface area contributed by atoms with Crippen LogP contribution in [0.2, 0.25) is 10.0 Å². The van der Waals surface area contributed by atoms with E-state index in [4.69, 9.17) is 23.2 Å². The van der Waals surface area contributed by atoms with Gasteiger partial charge in [0.2, 0.25) is 0 Å². The fourth-order valence-corrected chi connectivity index (χ4v) is 0.790. The van der Waals surface area contributed by atoms with Gasteiger partial charge >= 0.3 is 17.1 Å². The number of halogens is 4. The van der Waals surface area contributed by atoms with Gasteiger partial charge in [-0.25, -0.2) is 0 Å². The van der Waals surface area contributed by atoms with E-state index in [9.17, 15) is 0 Å². The zero-order valence-electron chi connectivity index (χ0n) is 5.60. The molecule has 0 fully saturated rings. The normalized spacial score (nSPS) is 7.67. The van der Waals surface area contributed by atoms with Crippen molar-refractivity contribution in [3.05, 3.63) is 28.5 Å². The van der Waals surface area contributed by atoms with Gasteiger partial charge in [-0.05, 0) is 6.07 Å². The Morgan fingerprint density at radius 1 is 1.08 bits per heavy atom. The van der Waals surface area contributed by atoms with Crippen LogP contribution in [0.4, 0.5) is 0 Å². The number of rotatable bonds is 0. The maximum atomic E-state index is 5.50. The van der Waals surface area contributed by atoms with Crippen molar-refractivity contribution in [1.29, 1.82) is 0 Å². The van der Waals surface area contributed by atoms with E-state index in [1.165, 1.54) is 12.4 Å². The predicted molar refractivity (Wildman–Crippen MR) is 55.6 cm³/mol. The first-order chi connectivity index (χ1) is 5.20. The van der Waals surface area contributed by atoms with Crippen molar-refractivity contribution >= 4 is 64.0 Å². The molecule has 1 aromatic heterocycles. The number of aromatic nitrogens is 1. The van der Waals surface area contributed by atoms with E-state index in [1.807, 2.05) is 0 Å². The van der Waals surface area contributed by atoms with E-state index in [0.29, 0.717) is 10.0 Å². The molecule has 0 aliphatic heterocycles. The Morgan fingerprint density at radius 3 is 1.58 bits per heavy atom. The van der Waals surface area contributed by atoms with Crippen molar-refractivity contribution in [3.8, 4) is 0 Å². The van der Waals surface area contributed by atoms with Crippen LogP contribution in [0.3, 0.4) is 0 Å². The Morgan fingerprint density at radius 2 is 1.42 bits per heavy atom. The minimum absolute atomic E-state index is 0. The van der Waals surface area contributed by atoms with Crippen LogP contribution in [0.15, 0.2) is 18.5 Å². The third-order valence-corrected chi connectivity index (χ3v) is 1.08. The molecule has 0 aliphatic rings. The number of hydrogen-bond donors (Lipinski definition) is 0. The molecule has 0 amide bonds. The summed E-state index contributed by atoms with van der Waals surface area (Å²) in [6.07, 6.45) is 3.07. The van der Waals surface area contributed by atoms with Crippen molar-refractivity contribution in [3.63, 3.8) is 0 Å². The monoisotopic (exact) mass is 315 g/mol. The zero-order valence-corrected chi connectivity index (χ0v) is 10.7. The molecule has 0 radical (unpaired) electrons. The number of hydrogen-bond acceptors (Lipinski definition) is 2. The fourth-order valence-electron chi connectivity index (χ4n) is 0.386. The van der Waals surface area contributed by atoms with Crippen LogP contribution in [0.1, 0.15) is 0 Å². The third-order valence-electron chi connectivity index (χ3n) is 0.672. The summed E-state index contributed by atoms with van der Waals surface area (Å²) in [5.74, 6) is 0. The molecule has 1 rings (SSSR count). The average molecular weight is 316 g/mol. The fraction of sp³-hybridized carbons (Fsp3) is 0. The number of pyridine rings is 1. The molecule has 2 nitrogen and oxygen atoms in total. The summed E-state index contributed by atoms with van der Waals surface area (Å²) in [5.41, 5.74) is 0. The van der Waals surface area contributed by atoms with Crippen LogP contribution < -0.4 is 0 Å². The molecule has 0 saturated heterocycles. The summed E-state index contributed by atoms with van der Waals surface area (Å²) >= 11 is 19.5. The molecule has 0 atom stereocenters. The van der Waals surface area contributed by atoms with Crippen LogP contribution in [0.25, 0.3) is 0 Å². The molecule has 0 spiro atoms. The average Bonchev–Trinajstić information content (AvgIpc) is 1.88. The molecule has 0 aliphatic carbocycles. The molecule has 0 aromatic carbocycles. The van der Waals surface area contributed by atoms with E-state index in [2.05, 4.69) is 32.6 Å². The van der Waals surface area contributed by atoms with Gasteiger partial charge in [0.25, 0.3) is 0 Å². The Bertz CT molecular complexity index is 195. The first kappa shape index (κ1) is 15.3. The molecule has 70 valence electrons. The molecular formula is C5H5Cl4NOSe. The Balaban J connectivity index is 0. The molecule has 0 N–H and O–H groups in total. The van der Waals surface area contributed by atoms with Crippen LogP contribution in [-0.4, -0.2) is 22.1 Å². The van der Waals surface area contributed by atoms with Gasteiger partial charge in [0.1, 0.15) is 0 Å². The van der Waals surface area contributed by atoms with Crippen molar-refractivity contribution in [2.45, 2.75) is 0 Å². The van der Waals surface area contributed by atoms with Crippen molar-refractivity contribution in [2.75, 3.05) is 0 Å². The molecule has 0 bridgehead atoms. The second kappa shape index (κ2) is 9.87. The van der Waals surface area contributed by atoms with Crippen molar-refractivity contribution in [2.24, 2.45) is 0 Å². The Labute approximate surface area is 101 Å². The second-order valence-corrected chi connectivity index (χ2v) is 2.72. The summed E-state index contributed by atoms with van der Waals surface area (Å²) in [4.78, 5) is 3.72. The van der Waals surface area contributed by atoms with Crippen LogP contribution in [0.5, 0.6) is 0 Å². The van der Waals surface area contributed by atoms with Crippen molar-refractivity contribution < 1.29 is 3.84 Å². The van der Waals surface area contributed by atoms with E-state index < -0.39 is 0 Å².